The van der Waals surface area contributed by atoms with Gasteiger partial charge in [0.25, 0.3) is 0 Å². The zero-order valence-electron chi connectivity index (χ0n) is 16.4. The van der Waals surface area contributed by atoms with E-state index < -0.39 is 5.97 Å². The molecule has 1 fully saturated rings. The van der Waals surface area contributed by atoms with Crippen LogP contribution in [0.2, 0.25) is 0 Å². The molecule has 0 radical (unpaired) electrons. The average Bonchev–Trinajstić information content (AvgIpc) is 2.76. The lowest BCUT2D eigenvalue weighted by Crippen LogP contribution is -2.33. The highest BCUT2D eigenvalue weighted by molar-refractivity contribution is 5.95. The SMILES string of the molecule is O=C(O)c1ccccc1-c1ccc(CN2CCC(Cc3cnccn3)CC2)cc1. The number of likely N-dealkylation sites (tertiary alicyclic amines) is 1. The summed E-state index contributed by atoms with van der Waals surface area (Å²) in [5.74, 6) is -0.216. The van der Waals surface area contributed by atoms with E-state index in [0.717, 1.165) is 42.9 Å². The Morgan fingerprint density at radius 1 is 1.03 bits per heavy atom. The Labute approximate surface area is 171 Å². The fraction of sp³-hybridized carbons (Fsp3) is 0.292. The van der Waals surface area contributed by atoms with Crippen LogP contribution >= 0.6 is 0 Å². The molecule has 3 aromatic rings. The van der Waals surface area contributed by atoms with Crippen molar-refractivity contribution >= 4 is 5.97 Å². The Bertz CT molecular complexity index is 949. The summed E-state index contributed by atoms with van der Waals surface area (Å²) in [7, 11) is 0. The number of hydrogen-bond donors (Lipinski definition) is 1. The third kappa shape index (κ3) is 4.87. The molecule has 1 N–H and O–H groups in total. The molecule has 2 heterocycles. The molecule has 4 rings (SSSR count). The standard InChI is InChI=1S/C24H25N3O2/c28-24(29)23-4-2-1-3-22(23)20-7-5-19(6-8-20)17-27-13-9-18(10-14-27)15-21-16-25-11-12-26-21/h1-8,11-12,16,18H,9-10,13-15,17H2,(H,28,29). The van der Waals surface area contributed by atoms with Gasteiger partial charge in [0, 0.05) is 25.1 Å². The summed E-state index contributed by atoms with van der Waals surface area (Å²) in [5, 5.41) is 9.40. The molecule has 1 aliphatic heterocycles. The summed E-state index contributed by atoms with van der Waals surface area (Å²) in [6.45, 7) is 3.11. The number of piperidine rings is 1. The maximum Gasteiger partial charge on any atom is 0.336 e. The second kappa shape index (κ2) is 8.97. The molecule has 1 aliphatic rings. The van der Waals surface area contributed by atoms with Crippen molar-refractivity contribution in [1.29, 1.82) is 0 Å². The van der Waals surface area contributed by atoms with Crippen LogP contribution in [0.1, 0.15) is 34.5 Å². The Hall–Kier alpha value is -3.05. The van der Waals surface area contributed by atoms with Gasteiger partial charge in [-0.25, -0.2) is 4.79 Å². The van der Waals surface area contributed by atoms with E-state index in [4.69, 9.17) is 0 Å². The summed E-state index contributed by atoms with van der Waals surface area (Å²) >= 11 is 0. The first-order chi connectivity index (χ1) is 14.2. The van der Waals surface area contributed by atoms with E-state index >= 15 is 0 Å². The normalized spacial score (nSPS) is 15.3. The average molecular weight is 387 g/mol. The van der Waals surface area contributed by atoms with Gasteiger partial charge in [0.2, 0.25) is 0 Å². The van der Waals surface area contributed by atoms with Crippen molar-refractivity contribution in [1.82, 2.24) is 14.9 Å². The second-order valence-electron chi connectivity index (χ2n) is 7.67. The molecule has 1 saturated heterocycles. The highest BCUT2D eigenvalue weighted by atomic mass is 16.4. The second-order valence-corrected chi connectivity index (χ2v) is 7.67. The summed E-state index contributed by atoms with van der Waals surface area (Å²) in [5.41, 5.74) is 4.38. The quantitative estimate of drug-likeness (QED) is 0.683. The van der Waals surface area contributed by atoms with Gasteiger partial charge in [-0.1, -0.05) is 42.5 Å². The minimum Gasteiger partial charge on any atom is -0.478 e. The molecule has 5 nitrogen and oxygen atoms in total. The van der Waals surface area contributed by atoms with Crippen molar-refractivity contribution < 1.29 is 9.90 Å². The van der Waals surface area contributed by atoms with Crippen molar-refractivity contribution in [3.05, 3.63) is 83.9 Å². The highest BCUT2D eigenvalue weighted by Crippen LogP contribution is 2.26. The molecule has 0 spiro atoms. The van der Waals surface area contributed by atoms with Crippen LogP contribution in [0.3, 0.4) is 0 Å². The van der Waals surface area contributed by atoms with Gasteiger partial charge >= 0.3 is 5.97 Å². The smallest absolute Gasteiger partial charge is 0.336 e. The molecule has 1 aromatic heterocycles. The number of benzene rings is 2. The molecular formula is C24H25N3O2. The van der Waals surface area contributed by atoms with E-state index in [2.05, 4.69) is 27.0 Å². The van der Waals surface area contributed by atoms with Gasteiger partial charge in [0.05, 0.1) is 11.3 Å². The van der Waals surface area contributed by atoms with Crippen molar-refractivity contribution in [2.45, 2.75) is 25.8 Å². The summed E-state index contributed by atoms with van der Waals surface area (Å²) in [6, 6.07) is 15.4. The Kier molecular flexibility index (Phi) is 5.96. The van der Waals surface area contributed by atoms with E-state index in [0.29, 0.717) is 11.5 Å². The van der Waals surface area contributed by atoms with Crippen molar-refractivity contribution in [2.75, 3.05) is 13.1 Å². The molecule has 148 valence electrons. The first kappa shape index (κ1) is 19.3. The predicted molar refractivity (Wildman–Crippen MR) is 113 cm³/mol. The van der Waals surface area contributed by atoms with E-state index in [1.165, 1.54) is 18.4 Å². The third-order valence-electron chi connectivity index (χ3n) is 5.65. The Morgan fingerprint density at radius 2 is 1.79 bits per heavy atom. The number of carboxylic acid groups (broad SMARTS) is 1. The van der Waals surface area contributed by atoms with Gasteiger partial charge < -0.3 is 5.11 Å². The molecule has 0 saturated carbocycles. The number of nitrogens with zero attached hydrogens (tertiary/aromatic N) is 3. The van der Waals surface area contributed by atoms with Crippen molar-refractivity contribution in [3.8, 4) is 11.1 Å². The minimum absolute atomic E-state index is 0.338. The van der Waals surface area contributed by atoms with E-state index in [-0.39, 0.29) is 0 Å². The third-order valence-corrected chi connectivity index (χ3v) is 5.65. The molecule has 0 unspecified atom stereocenters. The van der Waals surface area contributed by atoms with Gasteiger partial charge in [-0.2, -0.15) is 0 Å². The molecule has 29 heavy (non-hydrogen) atoms. The summed E-state index contributed by atoms with van der Waals surface area (Å²) < 4.78 is 0. The first-order valence-corrected chi connectivity index (χ1v) is 10.1. The van der Waals surface area contributed by atoms with Crippen LogP contribution in [0.4, 0.5) is 0 Å². The number of aromatic carboxylic acids is 1. The molecule has 5 heteroatoms. The zero-order valence-corrected chi connectivity index (χ0v) is 16.4. The van der Waals surface area contributed by atoms with Gasteiger partial charge in [-0.05, 0) is 61.0 Å². The van der Waals surface area contributed by atoms with Crippen LogP contribution in [-0.2, 0) is 13.0 Å². The highest BCUT2D eigenvalue weighted by Gasteiger charge is 2.20. The lowest BCUT2D eigenvalue weighted by molar-refractivity contribution is 0.0697. The number of hydrogen-bond acceptors (Lipinski definition) is 4. The minimum atomic E-state index is -0.894. The van der Waals surface area contributed by atoms with Gasteiger partial charge in [-0.15, -0.1) is 0 Å². The monoisotopic (exact) mass is 387 g/mol. The van der Waals surface area contributed by atoms with Gasteiger partial charge in [0.1, 0.15) is 0 Å². The lowest BCUT2D eigenvalue weighted by Gasteiger charge is -2.31. The Morgan fingerprint density at radius 3 is 2.48 bits per heavy atom. The van der Waals surface area contributed by atoms with Crippen LogP contribution in [-0.4, -0.2) is 39.0 Å². The number of carbonyl (C=O) groups is 1. The van der Waals surface area contributed by atoms with Crippen molar-refractivity contribution in [2.24, 2.45) is 5.92 Å². The molecule has 2 aromatic carbocycles. The van der Waals surface area contributed by atoms with Crippen molar-refractivity contribution in [3.63, 3.8) is 0 Å². The largest absolute Gasteiger partial charge is 0.478 e. The molecule has 0 bridgehead atoms. The molecular weight excluding hydrogens is 362 g/mol. The fourth-order valence-corrected chi connectivity index (χ4v) is 4.05. The van der Waals surface area contributed by atoms with Crippen LogP contribution in [0.15, 0.2) is 67.1 Å². The molecule has 0 aliphatic carbocycles. The fourth-order valence-electron chi connectivity index (χ4n) is 4.05. The summed E-state index contributed by atoms with van der Waals surface area (Å²) in [4.78, 5) is 22.5. The van der Waals surface area contributed by atoms with E-state index in [1.54, 1.807) is 24.5 Å². The predicted octanol–water partition coefficient (Wildman–Crippen LogP) is 4.30. The van der Waals surface area contributed by atoms with E-state index in [9.17, 15) is 9.90 Å². The number of rotatable bonds is 6. The first-order valence-electron chi connectivity index (χ1n) is 10.1. The number of aromatic nitrogens is 2. The van der Waals surface area contributed by atoms with Gasteiger partial charge in [0.15, 0.2) is 0 Å². The van der Waals surface area contributed by atoms with Crippen LogP contribution in [0.5, 0.6) is 0 Å². The molecule has 0 atom stereocenters. The maximum atomic E-state index is 11.5. The van der Waals surface area contributed by atoms with Crippen LogP contribution in [0, 0.1) is 5.92 Å². The van der Waals surface area contributed by atoms with Crippen LogP contribution in [0.25, 0.3) is 11.1 Å². The maximum absolute atomic E-state index is 11.5. The Balaban J connectivity index is 1.34. The lowest BCUT2D eigenvalue weighted by atomic mass is 9.92. The summed E-state index contributed by atoms with van der Waals surface area (Å²) in [6.07, 6.45) is 8.73. The molecule has 0 amide bonds. The van der Waals surface area contributed by atoms with Crippen LogP contribution < -0.4 is 0 Å². The van der Waals surface area contributed by atoms with Gasteiger partial charge in [-0.3, -0.25) is 14.9 Å². The van der Waals surface area contributed by atoms with E-state index in [1.807, 2.05) is 30.5 Å². The topological polar surface area (TPSA) is 66.3 Å². The number of carboxylic acids is 1. The zero-order chi connectivity index (χ0) is 20.1.